The van der Waals surface area contributed by atoms with Crippen LogP contribution in [0, 0.1) is 0 Å². The number of sulfonamides is 1. The SMILES string of the molecule is CCCCCCCC(=O)Nc1ccccc1S(=O)(=O)NC(C)(C)C. The average Bonchev–Trinajstić information content (AvgIpc) is 2.45. The van der Waals surface area contributed by atoms with Gasteiger partial charge in [0.25, 0.3) is 0 Å². The molecule has 1 rings (SSSR count). The zero-order valence-electron chi connectivity index (χ0n) is 15.2. The monoisotopic (exact) mass is 354 g/mol. The standard InChI is InChI=1S/C18H30N2O3S/c1-5-6-7-8-9-14-17(21)19-15-12-10-11-13-16(15)24(22,23)20-18(2,3)4/h10-13,20H,5-9,14H2,1-4H3,(H,19,21). The highest BCUT2D eigenvalue weighted by Gasteiger charge is 2.24. The molecule has 0 heterocycles. The number of benzene rings is 1. The van der Waals surface area contributed by atoms with E-state index in [0.717, 1.165) is 25.7 Å². The third-order valence-electron chi connectivity index (χ3n) is 3.40. The molecule has 136 valence electrons. The predicted molar refractivity (Wildman–Crippen MR) is 98.5 cm³/mol. The minimum atomic E-state index is -3.69. The molecule has 24 heavy (non-hydrogen) atoms. The van der Waals surface area contributed by atoms with E-state index in [1.165, 1.54) is 12.5 Å². The maximum absolute atomic E-state index is 12.5. The van der Waals surface area contributed by atoms with E-state index < -0.39 is 15.6 Å². The van der Waals surface area contributed by atoms with Gasteiger partial charge in [-0.3, -0.25) is 4.79 Å². The van der Waals surface area contributed by atoms with Crippen molar-refractivity contribution < 1.29 is 13.2 Å². The molecule has 0 atom stereocenters. The lowest BCUT2D eigenvalue weighted by Gasteiger charge is -2.21. The topological polar surface area (TPSA) is 75.3 Å². The maximum Gasteiger partial charge on any atom is 0.243 e. The van der Waals surface area contributed by atoms with Gasteiger partial charge in [-0.1, -0.05) is 44.7 Å². The van der Waals surface area contributed by atoms with Crippen LogP contribution >= 0.6 is 0 Å². The van der Waals surface area contributed by atoms with E-state index >= 15 is 0 Å². The van der Waals surface area contributed by atoms with E-state index in [1.54, 1.807) is 39.0 Å². The van der Waals surface area contributed by atoms with Crippen molar-refractivity contribution in [3.63, 3.8) is 0 Å². The second kappa shape index (κ2) is 9.18. The van der Waals surface area contributed by atoms with Crippen LogP contribution in [0.3, 0.4) is 0 Å². The Kier molecular flexibility index (Phi) is 7.90. The van der Waals surface area contributed by atoms with Gasteiger partial charge in [-0.2, -0.15) is 0 Å². The molecule has 0 aliphatic rings. The van der Waals surface area contributed by atoms with Crippen LogP contribution in [-0.4, -0.2) is 19.9 Å². The van der Waals surface area contributed by atoms with Crippen molar-refractivity contribution >= 4 is 21.6 Å². The highest BCUT2D eigenvalue weighted by atomic mass is 32.2. The fraction of sp³-hybridized carbons (Fsp3) is 0.611. The molecule has 0 saturated carbocycles. The van der Waals surface area contributed by atoms with Crippen molar-refractivity contribution in [2.75, 3.05) is 5.32 Å². The van der Waals surface area contributed by atoms with Crippen LogP contribution in [0.4, 0.5) is 5.69 Å². The molecular formula is C18H30N2O3S. The van der Waals surface area contributed by atoms with Gasteiger partial charge in [0.15, 0.2) is 0 Å². The van der Waals surface area contributed by atoms with E-state index in [4.69, 9.17) is 0 Å². The highest BCUT2D eigenvalue weighted by Crippen LogP contribution is 2.22. The largest absolute Gasteiger partial charge is 0.325 e. The molecule has 0 bridgehead atoms. The Morgan fingerprint density at radius 3 is 2.29 bits per heavy atom. The summed E-state index contributed by atoms with van der Waals surface area (Å²) < 4.78 is 27.7. The summed E-state index contributed by atoms with van der Waals surface area (Å²) in [7, 11) is -3.69. The Balaban J connectivity index is 2.75. The summed E-state index contributed by atoms with van der Waals surface area (Å²) in [5.41, 5.74) is -0.261. The van der Waals surface area contributed by atoms with Crippen molar-refractivity contribution in [1.29, 1.82) is 0 Å². The first kappa shape index (κ1) is 20.6. The average molecular weight is 355 g/mol. The van der Waals surface area contributed by atoms with Gasteiger partial charge in [0.1, 0.15) is 4.90 Å². The van der Waals surface area contributed by atoms with Gasteiger partial charge < -0.3 is 5.32 Å². The summed E-state index contributed by atoms with van der Waals surface area (Å²) in [5.74, 6) is -0.148. The Bertz CT molecular complexity index is 634. The minimum absolute atomic E-state index is 0.0965. The van der Waals surface area contributed by atoms with Crippen LogP contribution in [0.5, 0.6) is 0 Å². The summed E-state index contributed by atoms with van der Waals surface area (Å²) in [6.07, 6.45) is 5.72. The Labute approximate surface area is 146 Å². The summed E-state index contributed by atoms with van der Waals surface area (Å²) in [4.78, 5) is 12.2. The van der Waals surface area contributed by atoms with Gasteiger partial charge in [0, 0.05) is 12.0 Å². The zero-order chi connectivity index (χ0) is 18.2. The number of hydrogen-bond acceptors (Lipinski definition) is 3. The molecule has 0 spiro atoms. The molecule has 6 heteroatoms. The lowest BCUT2D eigenvalue weighted by Crippen LogP contribution is -2.40. The number of para-hydroxylation sites is 1. The van der Waals surface area contributed by atoms with Gasteiger partial charge in [0.05, 0.1) is 5.69 Å². The molecule has 0 radical (unpaired) electrons. The summed E-state index contributed by atoms with van der Waals surface area (Å²) in [6, 6.07) is 6.49. The second-order valence-electron chi connectivity index (χ2n) is 7.06. The number of amides is 1. The van der Waals surface area contributed by atoms with Crippen LogP contribution in [0.15, 0.2) is 29.2 Å². The van der Waals surface area contributed by atoms with Crippen molar-refractivity contribution in [3.8, 4) is 0 Å². The molecule has 5 nitrogen and oxygen atoms in total. The molecule has 0 aromatic heterocycles. The lowest BCUT2D eigenvalue weighted by molar-refractivity contribution is -0.116. The molecule has 0 saturated heterocycles. The molecule has 1 amide bonds. The lowest BCUT2D eigenvalue weighted by atomic mass is 10.1. The highest BCUT2D eigenvalue weighted by molar-refractivity contribution is 7.89. The number of hydrogen-bond donors (Lipinski definition) is 2. The first-order valence-corrected chi connectivity index (χ1v) is 10.1. The van der Waals surface area contributed by atoms with Gasteiger partial charge in [0.2, 0.25) is 15.9 Å². The third kappa shape index (κ3) is 7.45. The van der Waals surface area contributed by atoms with Crippen molar-refractivity contribution in [2.24, 2.45) is 0 Å². The quantitative estimate of drug-likeness (QED) is 0.657. The Hall–Kier alpha value is -1.40. The maximum atomic E-state index is 12.5. The molecule has 2 N–H and O–H groups in total. The molecule has 1 aromatic carbocycles. The van der Waals surface area contributed by atoms with Gasteiger partial charge in [-0.25, -0.2) is 13.1 Å². The smallest absolute Gasteiger partial charge is 0.243 e. The first-order valence-electron chi connectivity index (χ1n) is 8.58. The molecule has 1 aromatic rings. The third-order valence-corrected chi connectivity index (χ3v) is 5.21. The number of carbonyl (C=O) groups excluding carboxylic acids is 1. The van der Waals surface area contributed by atoms with Crippen molar-refractivity contribution in [2.45, 2.75) is 76.7 Å². The number of unbranched alkanes of at least 4 members (excludes halogenated alkanes) is 4. The number of anilines is 1. The fourth-order valence-electron chi connectivity index (χ4n) is 2.36. The summed E-state index contributed by atoms with van der Waals surface area (Å²) in [5, 5.41) is 2.74. The van der Waals surface area contributed by atoms with E-state index in [9.17, 15) is 13.2 Å². The number of rotatable bonds is 9. The Morgan fingerprint density at radius 2 is 1.67 bits per heavy atom. The van der Waals surface area contributed by atoms with E-state index in [0.29, 0.717) is 12.1 Å². The van der Waals surface area contributed by atoms with Crippen LogP contribution in [0.2, 0.25) is 0 Å². The number of nitrogens with one attached hydrogen (secondary N) is 2. The Morgan fingerprint density at radius 1 is 1.04 bits per heavy atom. The normalized spacial score (nSPS) is 12.2. The summed E-state index contributed by atoms with van der Waals surface area (Å²) in [6.45, 7) is 7.49. The van der Waals surface area contributed by atoms with E-state index in [2.05, 4.69) is 17.0 Å². The molecular weight excluding hydrogens is 324 g/mol. The zero-order valence-corrected chi connectivity index (χ0v) is 16.0. The van der Waals surface area contributed by atoms with Gasteiger partial charge in [-0.05, 0) is 39.3 Å². The minimum Gasteiger partial charge on any atom is -0.325 e. The van der Waals surface area contributed by atoms with Crippen LogP contribution in [-0.2, 0) is 14.8 Å². The number of carbonyl (C=O) groups is 1. The molecule has 0 unspecified atom stereocenters. The van der Waals surface area contributed by atoms with Crippen molar-refractivity contribution in [1.82, 2.24) is 4.72 Å². The van der Waals surface area contributed by atoms with Crippen LogP contribution in [0.25, 0.3) is 0 Å². The van der Waals surface area contributed by atoms with E-state index in [-0.39, 0.29) is 10.8 Å². The second-order valence-corrected chi connectivity index (χ2v) is 8.71. The van der Waals surface area contributed by atoms with E-state index in [1.807, 2.05) is 0 Å². The molecule has 0 fully saturated rings. The molecule has 0 aliphatic heterocycles. The summed E-state index contributed by atoms with van der Waals surface area (Å²) >= 11 is 0. The van der Waals surface area contributed by atoms with Crippen LogP contribution in [0.1, 0.15) is 66.2 Å². The fourth-order valence-corrected chi connectivity index (χ4v) is 3.95. The van der Waals surface area contributed by atoms with Gasteiger partial charge >= 0.3 is 0 Å². The van der Waals surface area contributed by atoms with Crippen molar-refractivity contribution in [3.05, 3.63) is 24.3 Å². The predicted octanol–water partition coefficient (Wildman–Crippen LogP) is 4.06. The molecule has 0 aliphatic carbocycles. The van der Waals surface area contributed by atoms with Crippen LogP contribution < -0.4 is 10.0 Å². The first-order chi connectivity index (χ1) is 11.2. The van der Waals surface area contributed by atoms with Gasteiger partial charge in [-0.15, -0.1) is 0 Å².